The van der Waals surface area contributed by atoms with Crippen molar-refractivity contribution in [3.05, 3.63) is 102 Å². The van der Waals surface area contributed by atoms with E-state index < -0.39 is 5.97 Å². The zero-order valence-electron chi connectivity index (χ0n) is 17.0. The molecule has 0 fully saturated rings. The number of ether oxygens (including phenoxy) is 2. The van der Waals surface area contributed by atoms with Crippen molar-refractivity contribution in [3.8, 4) is 11.5 Å². The first-order chi connectivity index (χ1) is 15.1. The van der Waals surface area contributed by atoms with Gasteiger partial charge in [0.2, 0.25) is 0 Å². The molecule has 0 amide bonds. The summed E-state index contributed by atoms with van der Waals surface area (Å²) in [6, 6.07) is 26.1. The number of benzene rings is 3. The van der Waals surface area contributed by atoms with Crippen LogP contribution >= 0.6 is 0 Å². The lowest BCUT2D eigenvalue weighted by atomic mass is 10.0. The largest absolute Gasteiger partial charge is 0.497 e. The van der Waals surface area contributed by atoms with Gasteiger partial charge in [-0.3, -0.25) is 0 Å². The van der Waals surface area contributed by atoms with Gasteiger partial charge >= 0.3 is 5.97 Å². The third-order valence-electron chi connectivity index (χ3n) is 4.87. The molecule has 0 spiro atoms. The minimum Gasteiger partial charge on any atom is -0.497 e. The quantitative estimate of drug-likeness (QED) is 0.324. The van der Waals surface area contributed by atoms with Gasteiger partial charge in [-0.1, -0.05) is 48.5 Å². The highest BCUT2D eigenvalue weighted by atomic mass is 16.5. The summed E-state index contributed by atoms with van der Waals surface area (Å²) in [5.41, 5.74) is 3.33. The Morgan fingerprint density at radius 2 is 1.61 bits per heavy atom. The molecule has 1 aromatic heterocycles. The molecule has 0 bridgehead atoms. The zero-order valence-corrected chi connectivity index (χ0v) is 17.0. The predicted octanol–water partition coefficient (Wildman–Crippen LogP) is 5.45. The predicted molar refractivity (Wildman–Crippen MR) is 121 cm³/mol. The monoisotopic (exact) mass is 411 g/mol. The number of rotatable bonds is 7. The summed E-state index contributed by atoms with van der Waals surface area (Å²) < 4.78 is 11.0. The first-order valence-electron chi connectivity index (χ1n) is 9.79. The number of carbonyl (C=O) groups is 1. The van der Waals surface area contributed by atoms with Crippen LogP contribution in [0.25, 0.3) is 22.6 Å². The van der Waals surface area contributed by atoms with Gasteiger partial charge in [0.25, 0.3) is 0 Å². The molecular weight excluding hydrogens is 390 g/mol. The second-order valence-electron chi connectivity index (χ2n) is 6.94. The van der Waals surface area contributed by atoms with Crippen molar-refractivity contribution in [2.24, 2.45) is 0 Å². The van der Waals surface area contributed by atoms with Gasteiger partial charge in [0.05, 0.1) is 23.9 Å². The molecule has 1 heterocycles. The van der Waals surface area contributed by atoms with Gasteiger partial charge in [-0.15, -0.1) is 0 Å². The molecule has 0 radical (unpaired) electrons. The van der Waals surface area contributed by atoms with Crippen molar-refractivity contribution in [2.45, 2.75) is 6.61 Å². The van der Waals surface area contributed by atoms with Gasteiger partial charge in [0.1, 0.15) is 18.1 Å². The highest BCUT2D eigenvalue weighted by Gasteiger charge is 2.11. The second kappa shape index (κ2) is 9.13. The molecular formula is C26H21NO4. The molecule has 154 valence electrons. The van der Waals surface area contributed by atoms with Crippen LogP contribution in [0.3, 0.4) is 0 Å². The molecule has 5 nitrogen and oxygen atoms in total. The van der Waals surface area contributed by atoms with E-state index in [0.717, 1.165) is 27.9 Å². The molecule has 0 aliphatic carbocycles. The Hall–Kier alpha value is -4.12. The van der Waals surface area contributed by atoms with Gasteiger partial charge in [-0.05, 0) is 53.6 Å². The van der Waals surface area contributed by atoms with Crippen LogP contribution in [0.5, 0.6) is 11.5 Å². The Labute approximate surface area is 180 Å². The number of para-hydroxylation sites is 1. The van der Waals surface area contributed by atoms with Crippen LogP contribution in [-0.4, -0.2) is 23.2 Å². The summed E-state index contributed by atoms with van der Waals surface area (Å²) in [7, 11) is 1.59. The summed E-state index contributed by atoms with van der Waals surface area (Å²) in [5, 5.41) is 10.7. The fraction of sp³-hybridized carbons (Fsp3) is 0.0769. The van der Waals surface area contributed by atoms with Crippen LogP contribution in [-0.2, 0) is 11.4 Å². The lowest BCUT2D eigenvalue weighted by Gasteiger charge is -2.09. The molecule has 1 N–H and O–H groups in total. The van der Waals surface area contributed by atoms with E-state index in [9.17, 15) is 9.90 Å². The molecule has 0 aliphatic heterocycles. The molecule has 0 aliphatic rings. The van der Waals surface area contributed by atoms with Gasteiger partial charge in [0.15, 0.2) is 0 Å². The van der Waals surface area contributed by atoms with Crippen molar-refractivity contribution in [2.75, 3.05) is 7.11 Å². The topological polar surface area (TPSA) is 68.7 Å². The zero-order chi connectivity index (χ0) is 21.6. The van der Waals surface area contributed by atoms with Crippen LogP contribution in [0.15, 0.2) is 84.9 Å². The first-order valence-corrected chi connectivity index (χ1v) is 9.79. The molecule has 0 saturated carbocycles. The van der Waals surface area contributed by atoms with E-state index in [0.29, 0.717) is 17.9 Å². The van der Waals surface area contributed by atoms with E-state index in [2.05, 4.69) is 4.98 Å². The fourth-order valence-electron chi connectivity index (χ4n) is 3.21. The summed E-state index contributed by atoms with van der Waals surface area (Å²) in [5.74, 6) is 0.370. The van der Waals surface area contributed by atoms with Crippen molar-refractivity contribution in [1.29, 1.82) is 0 Å². The number of aliphatic carboxylic acids is 1. The number of pyridine rings is 1. The molecule has 0 atom stereocenters. The lowest BCUT2D eigenvalue weighted by Crippen LogP contribution is -2.01. The van der Waals surface area contributed by atoms with Crippen LogP contribution in [0, 0.1) is 0 Å². The van der Waals surface area contributed by atoms with E-state index in [4.69, 9.17) is 9.47 Å². The standard InChI is InChI=1S/C26H21NO4/c1-30-22-12-6-18(7-13-22)16-24(26(28)29)19-9-14-23(15-10-19)31-17-21-11-8-20-4-2-3-5-25(20)27-21/h2-16H,17H2,1H3,(H,28,29)/b24-16+. The van der Waals surface area contributed by atoms with Crippen molar-refractivity contribution in [3.63, 3.8) is 0 Å². The number of aromatic nitrogens is 1. The van der Waals surface area contributed by atoms with E-state index in [1.165, 1.54) is 0 Å². The van der Waals surface area contributed by atoms with E-state index in [1.807, 2.05) is 48.5 Å². The molecule has 3 aromatic carbocycles. The number of hydrogen-bond donors (Lipinski definition) is 1. The number of carboxylic acid groups (broad SMARTS) is 1. The third kappa shape index (κ3) is 4.90. The SMILES string of the molecule is COc1ccc(/C=C(/C(=O)O)c2ccc(OCc3ccc4ccccc4n3)cc2)cc1. The van der Waals surface area contributed by atoms with Crippen LogP contribution in [0.1, 0.15) is 16.8 Å². The summed E-state index contributed by atoms with van der Waals surface area (Å²) >= 11 is 0. The van der Waals surface area contributed by atoms with E-state index >= 15 is 0 Å². The lowest BCUT2D eigenvalue weighted by molar-refractivity contribution is -0.130. The smallest absolute Gasteiger partial charge is 0.336 e. The Morgan fingerprint density at radius 1 is 0.903 bits per heavy atom. The fourth-order valence-corrected chi connectivity index (χ4v) is 3.21. The maximum atomic E-state index is 11.8. The van der Waals surface area contributed by atoms with Crippen LogP contribution in [0.4, 0.5) is 0 Å². The number of hydrogen-bond acceptors (Lipinski definition) is 4. The Kier molecular flexibility index (Phi) is 5.94. The number of nitrogens with zero attached hydrogens (tertiary/aromatic N) is 1. The second-order valence-corrected chi connectivity index (χ2v) is 6.94. The van der Waals surface area contributed by atoms with Crippen molar-refractivity contribution < 1.29 is 19.4 Å². The molecule has 31 heavy (non-hydrogen) atoms. The summed E-state index contributed by atoms with van der Waals surface area (Å²) in [4.78, 5) is 16.4. The van der Waals surface area contributed by atoms with Crippen LogP contribution in [0.2, 0.25) is 0 Å². The highest BCUT2D eigenvalue weighted by molar-refractivity contribution is 6.20. The molecule has 4 aromatic rings. The molecule has 5 heteroatoms. The number of methoxy groups -OCH3 is 1. The van der Waals surface area contributed by atoms with Gasteiger partial charge < -0.3 is 14.6 Å². The van der Waals surface area contributed by atoms with Crippen LogP contribution < -0.4 is 9.47 Å². The maximum absolute atomic E-state index is 11.8. The van der Waals surface area contributed by atoms with Gasteiger partial charge in [0, 0.05) is 5.39 Å². The number of carboxylic acids is 1. The minimum absolute atomic E-state index is 0.202. The minimum atomic E-state index is -0.996. The molecule has 0 saturated heterocycles. The van der Waals surface area contributed by atoms with Crippen molar-refractivity contribution >= 4 is 28.5 Å². The first kappa shape index (κ1) is 20.2. The maximum Gasteiger partial charge on any atom is 0.336 e. The van der Waals surface area contributed by atoms with Crippen molar-refractivity contribution in [1.82, 2.24) is 4.98 Å². The Balaban J connectivity index is 1.48. The summed E-state index contributed by atoms with van der Waals surface area (Å²) in [6.45, 7) is 0.331. The Morgan fingerprint density at radius 3 is 2.32 bits per heavy atom. The normalized spacial score (nSPS) is 11.3. The molecule has 0 unspecified atom stereocenters. The average Bonchev–Trinajstić information content (AvgIpc) is 2.81. The summed E-state index contributed by atoms with van der Waals surface area (Å²) in [6.07, 6.45) is 1.64. The van der Waals surface area contributed by atoms with Gasteiger partial charge in [-0.2, -0.15) is 0 Å². The highest BCUT2D eigenvalue weighted by Crippen LogP contribution is 2.23. The average molecular weight is 411 g/mol. The Bertz CT molecular complexity index is 1230. The van der Waals surface area contributed by atoms with E-state index in [-0.39, 0.29) is 5.57 Å². The van der Waals surface area contributed by atoms with Gasteiger partial charge in [-0.25, -0.2) is 9.78 Å². The number of fused-ring (bicyclic) bond motifs is 1. The van der Waals surface area contributed by atoms with E-state index in [1.54, 1.807) is 49.6 Å². The molecule has 4 rings (SSSR count). The third-order valence-corrected chi connectivity index (χ3v) is 4.87.